The molecule has 1 saturated carbocycles. The number of hydrogen-bond acceptors (Lipinski definition) is 0. The lowest BCUT2D eigenvalue weighted by atomic mass is 9.70. The van der Waals surface area contributed by atoms with Gasteiger partial charge in [-0.2, -0.15) is 0 Å². The van der Waals surface area contributed by atoms with Crippen molar-refractivity contribution in [2.75, 3.05) is 0 Å². The van der Waals surface area contributed by atoms with E-state index in [9.17, 15) is 4.39 Å². The van der Waals surface area contributed by atoms with Crippen molar-refractivity contribution < 1.29 is 17.6 Å². The molecule has 0 radical (unpaired) electrons. The Hall–Kier alpha value is -2.88. The fourth-order valence-electron chi connectivity index (χ4n) is 8.46. The van der Waals surface area contributed by atoms with Crippen molar-refractivity contribution in [2.45, 2.75) is 142 Å². The summed E-state index contributed by atoms with van der Waals surface area (Å²) in [6.45, 7) is 4.44. The van der Waals surface area contributed by atoms with Crippen molar-refractivity contribution in [1.82, 2.24) is 0 Å². The molecule has 2 aliphatic rings. The van der Waals surface area contributed by atoms with Crippen molar-refractivity contribution in [3.63, 3.8) is 0 Å². The van der Waals surface area contributed by atoms with Gasteiger partial charge >= 0.3 is 0 Å². The van der Waals surface area contributed by atoms with Gasteiger partial charge in [0.25, 0.3) is 0 Å². The molecule has 49 heavy (non-hydrogen) atoms. The molecule has 266 valence electrons. The highest BCUT2D eigenvalue weighted by Gasteiger charge is 2.29. The minimum Gasteiger partial charge on any atom is -0.203 e. The highest BCUT2D eigenvalue weighted by atomic mass is 19.2. The van der Waals surface area contributed by atoms with Gasteiger partial charge in [0, 0.05) is 16.7 Å². The van der Waals surface area contributed by atoms with Crippen LogP contribution in [0.25, 0.3) is 27.8 Å². The molecule has 0 aromatic heterocycles. The first-order valence-corrected chi connectivity index (χ1v) is 19.7. The lowest BCUT2D eigenvalue weighted by Crippen LogP contribution is -2.23. The van der Waals surface area contributed by atoms with Gasteiger partial charge in [-0.15, -0.1) is 0 Å². The molecule has 3 aromatic carbocycles. The van der Waals surface area contributed by atoms with E-state index in [0.29, 0.717) is 34.6 Å². The molecule has 0 spiro atoms. The van der Waals surface area contributed by atoms with E-state index < -0.39 is 23.3 Å². The molecule has 0 amide bonds. The van der Waals surface area contributed by atoms with E-state index in [0.717, 1.165) is 55.9 Å². The normalized spacial score (nSPS) is 19.6. The number of rotatable bonds is 17. The summed E-state index contributed by atoms with van der Waals surface area (Å²) in [6, 6.07) is 13.3. The summed E-state index contributed by atoms with van der Waals surface area (Å²) >= 11 is 0. The highest BCUT2D eigenvalue weighted by Crippen LogP contribution is 2.43. The van der Waals surface area contributed by atoms with Crippen molar-refractivity contribution in [3.8, 4) is 22.3 Å². The first kappa shape index (κ1) is 37.4. The van der Waals surface area contributed by atoms with E-state index in [-0.39, 0.29) is 11.1 Å². The average molecular weight is 675 g/mol. The summed E-state index contributed by atoms with van der Waals surface area (Å²) in [4.78, 5) is 0. The lowest BCUT2D eigenvalue weighted by Gasteiger charge is -2.35. The maximum atomic E-state index is 15.5. The van der Waals surface area contributed by atoms with Crippen LogP contribution in [0, 0.1) is 41.0 Å². The average Bonchev–Trinajstić information content (AvgIpc) is 3.13. The molecule has 1 fully saturated rings. The van der Waals surface area contributed by atoms with Gasteiger partial charge in [-0.25, -0.2) is 17.6 Å². The zero-order valence-electron chi connectivity index (χ0n) is 30.1. The van der Waals surface area contributed by atoms with Crippen molar-refractivity contribution in [1.29, 1.82) is 0 Å². The van der Waals surface area contributed by atoms with E-state index in [1.54, 1.807) is 48.5 Å². The summed E-state index contributed by atoms with van der Waals surface area (Å²) in [5.74, 6) is -1.02. The topological polar surface area (TPSA) is 0 Å². The second-order valence-corrected chi connectivity index (χ2v) is 15.0. The molecule has 0 nitrogen and oxygen atoms in total. The largest absolute Gasteiger partial charge is 0.203 e. The van der Waals surface area contributed by atoms with E-state index in [4.69, 9.17) is 0 Å². The van der Waals surface area contributed by atoms with Gasteiger partial charge in [0.2, 0.25) is 0 Å². The third-order valence-corrected chi connectivity index (χ3v) is 11.6. The smallest absolute Gasteiger partial charge is 0.167 e. The molecule has 1 atom stereocenters. The summed E-state index contributed by atoms with van der Waals surface area (Å²) < 4.78 is 61.1. The number of hydrogen-bond donors (Lipinski definition) is 0. The number of unbranched alkanes of at least 4 members (excludes halogenated alkanes) is 9. The first-order chi connectivity index (χ1) is 23.9. The van der Waals surface area contributed by atoms with Gasteiger partial charge in [0.1, 0.15) is 0 Å². The van der Waals surface area contributed by atoms with Gasteiger partial charge in [0.15, 0.2) is 23.3 Å². The number of halogens is 4. The Kier molecular flexibility index (Phi) is 14.4. The third kappa shape index (κ3) is 9.89. The van der Waals surface area contributed by atoms with Crippen LogP contribution in [0.3, 0.4) is 0 Å². The molecule has 0 heterocycles. The number of aryl methyl sites for hydroxylation is 1. The van der Waals surface area contributed by atoms with Crippen LogP contribution in [-0.2, 0) is 6.42 Å². The predicted octanol–water partition coefficient (Wildman–Crippen LogP) is 14.8. The Morgan fingerprint density at radius 2 is 1.04 bits per heavy atom. The molecule has 0 bridgehead atoms. The van der Waals surface area contributed by atoms with E-state index in [1.165, 1.54) is 83.5 Å². The molecule has 5 rings (SSSR count). The second kappa shape index (κ2) is 18.9. The van der Waals surface area contributed by atoms with Crippen molar-refractivity contribution >= 4 is 5.57 Å². The molecule has 0 N–H and O–H groups in total. The monoisotopic (exact) mass is 674 g/mol. The van der Waals surface area contributed by atoms with Crippen LogP contribution in [0.5, 0.6) is 0 Å². The fourth-order valence-corrected chi connectivity index (χ4v) is 8.46. The van der Waals surface area contributed by atoms with Crippen LogP contribution in [-0.4, -0.2) is 0 Å². The van der Waals surface area contributed by atoms with Gasteiger partial charge in [0.05, 0.1) is 0 Å². The van der Waals surface area contributed by atoms with Crippen molar-refractivity contribution in [3.05, 3.63) is 89.0 Å². The Balaban J connectivity index is 1.16. The highest BCUT2D eigenvalue weighted by molar-refractivity contribution is 5.74. The Labute approximate surface area is 293 Å². The summed E-state index contributed by atoms with van der Waals surface area (Å²) in [6.07, 6.45) is 25.5. The number of allylic oxidation sites excluding steroid dienone is 2. The molecule has 3 aromatic rings. The van der Waals surface area contributed by atoms with Crippen LogP contribution in [0.4, 0.5) is 17.6 Å². The maximum absolute atomic E-state index is 15.5. The fraction of sp³-hybridized carbons (Fsp3) is 0.556. The predicted molar refractivity (Wildman–Crippen MR) is 198 cm³/mol. The van der Waals surface area contributed by atoms with Gasteiger partial charge in [-0.1, -0.05) is 152 Å². The van der Waals surface area contributed by atoms with E-state index in [1.807, 2.05) is 0 Å². The van der Waals surface area contributed by atoms with Crippen LogP contribution in [0.1, 0.15) is 147 Å². The van der Waals surface area contributed by atoms with Crippen LogP contribution < -0.4 is 0 Å². The first-order valence-electron chi connectivity index (χ1n) is 19.7. The standard InChI is InChI=1S/C45H58F4/c1-3-5-7-9-11-13-15-38-28-29-39(43(47)42(38)46)36-24-26-37(27-25-36)41-31-30-40(44(48)45(41)49)35-22-20-34(21-23-35)33-18-16-32(17-19-33)14-12-10-8-6-4-2/h22,24-34H,3-21,23H2,1-2H3. The zero-order valence-corrected chi connectivity index (χ0v) is 30.1. The molecule has 2 aliphatic carbocycles. The molecule has 0 aliphatic heterocycles. The maximum Gasteiger partial charge on any atom is 0.167 e. The number of benzene rings is 3. The molecule has 0 saturated heterocycles. The Morgan fingerprint density at radius 1 is 0.510 bits per heavy atom. The minimum atomic E-state index is -0.863. The summed E-state index contributed by atoms with van der Waals surface area (Å²) in [7, 11) is 0. The van der Waals surface area contributed by atoms with Crippen LogP contribution in [0.2, 0.25) is 0 Å². The van der Waals surface area contributed by atoms with Gasteiger partial charge in [-0.05, 0) is 85.0 Å². The van der Waals surface area contributed by atoms with E-state index >= 15 is 13.2 Å². The Morgan fingerprint density at radius 3 is 1.65 bits per heavy atom. The lowest BCUT2D eigenvalue weighted by molar-refractivity contribution is 0.187. The summed E-state index contributed by atoms with van der Waals surface area (Å²) in [5, 5.41) is 0. The van der Waals surface area contributed by atoms with Gasteiger partial charge < -0.3 is 0 Å². The zero-order chi connectivity index (χ0) is 34.6. The third-order valence-electron chi connectivity index (χ3n) is 11.6. The van der Waals surface area contributed by atoms with Gasteiger partial charge in [-0.3, -0.25) is 0 Å². The van der Waals surface area contributed by atoms with Crippen LogP contribution in [0.15, 0.2) is 54.6 Å². The summed E-state index contributed by atoms with van der Waals surface area (Å²) in [5.41, 5.74) is 3.02. The minimum absolute atomic E-state index is 0.171. The van der Waals surface area contributed by atoms with Crippen LogP contribution >= 0.6 is 0 Å². The molecule has 4 heteroatoms. The quantitative estimate of drug-likeness (QED) is 0.0987. The molecule has 1 unspecified atom stereocenters. The van der Waals surface area contributed by atoms with E-state index in [2.05, 4.69) is 19.9 Å². The Bertz CT molecular complexity index is 1500. The van der Waals surface area contributed by atoms with Crippen molar-refractivity contribution in [2.24, 2.45) is 17.8 Å². The second-order valence-electron chi connectivity index (χ2n) is 15.0. The molecular formula is C45H58F4. The SMILES string of the molecule is CCCCCCCCc1ccc(-c2ccc(-c3ccc(C4=CCC(C5CCC(CCCCCCC)CC5)CC4)c(F)c3F)cc2)c(F)c1F. The molecular weight excluding hydrogens is 616 g/mol.